The van der Waals surface area contributed by atoms with Crippen molar-refractivity contribution in [3.05, 3.63) is 46.0 Å². The van der Waals surface area contributed by atoms with Gasteiger partial charge in [0, 0.05) is 49.2 Å². The highest BCUT2D eigenvalue weighted by molar-refractivity contribution is 5.99. The number of aryl methyl sites for hydroxylation is 1. The van der Waals surface area contributed by atoms with Crippen LogP contribution in [0, 0.1) is 12.3 Å². The van der Waals surface area contributed by atoms with Crippen molar-refractivity contribution < 1.29 is 14.3 Å². The quantitative estimate of drug-likeness (QED) is 0.391. The van der Waals surface area contributed by atoms with Gasteiger partial charge in [0.25, 0.3) is 5.56 Å². The number of carbonyl (C=O) groups is 2. The van der Waals surface area contributed by atoms with E-state index in [1.165, 1.54) is 6.92 Å². The van der Waals surface area contributed by atoms with E-state index in [1.54, 1.807) is 17.7 Å². The lowest BCUT2D eigenvalue weighted by Crippen LogP contribution is -2.62. The van der Waals surface area contributed by atoms with Gasteiger partial charge in [-0.25, -0.2) is 14.8 Å². The molecule has 11 heteroatoms. The molecular formula is C32H41N7O4. The highest BCUT2D eigenvalue weighted by atomic mass is 16.6. The van der Waals surface area contributed by atoms with E-state index in [9.17, 15) is 14.4 Å². The average molecular weight is 588 g/mol. The van der Waals surface area contributed by atoms with E-state index < -0.39 is 5.60 Å². The number of aromatic nitrogens is 4. The first-order valence-corrected chi connectivity index (χ1v) is 15.3. The van der Waals surface area contributed by atoms with Crippen molar-refractivity contribution >= 4 is 40.4 Å². The van der Waals surface area contributed by atoms with Gasteiger partial charge in [0.15, 0.2) is 5.78 Å². The third kappa shape index (κ3) is 5.69. The minimum Gasteiger partial charge on any atom is -0.444 e. The van der Waals surface area contributed by atoms with E-state index in [-0.39, 0.29) is 34.5 Å². The van der Waals surface area contributed by atoms with Crippen LogP contribution in [0.1, 0.15) is 88.2 Å². The molecule has 3 aliphatic rings. The Bertz CT molecular complexity index is 1600. The van der Waals surface area contributed by atoms with Crippen molar-refractivity contribution in [3.8, 4) is 0 Å². The number of likely N-dealkylation sites (tertiary alicyclic amines) is 1. The first kappa shape index (κ1) is 29.1. The molecule has 0 unspecified atom stereocenters. The monoisotopic (exact) mass is 587 g/mol. The number of Topliss-reactive ketones (excluding diaryl/α,β-unsaturated/α-hetero) is 1. The van der Waals surface area contributed by atoms with Crippen LogP contribution in [0.2, 0.25) is 0 Å². The number of hydrogen-bond donors (Lipinski definition) is 1. The summed E-state index contributed by atoms with van der Waals surface area (Å²) in [5.41, 5.74) is 1.88. The summed E-state index contributed by atoms with van der Waals surface area (Å²) in [4.78, 5) is 56.3. The van der Waals surface area contributed by atoms with Gasteiger partial charge in [-0.2, -0.15) is 4.98 Å². The van der Waals surface area contributed by atoms with E-state index in [0.717, 1.165) is 70.4 Å². The maximum atomic E-state index is 13.5. The number of piperidine rings is 1. The Hall–Kier alpha value is -4.02. The summed E-state index contributed by atoms with van der Waals surface area (Å²) in [7, 11) is 0. The highest BCUT2D eigenvalue weighted by Gasteiger charge is 2.47. The normalized spacial score (nSPS) is 18.6. The Kier molecular flexibility index (Phi) is 7.38. The minimum atomic E-state index is -0.477. The SMILES string of the molecule is CC(=O)c1c(C)c2cnc(Nc3ccc(N4CCC5(CC4)CN(C(=O)OC(C)(C)C)C5)cn3)nc2n(C2CCCC2)c1=O. The van der Waals surface area contributed by atoms with E-state index >= 15 is 0 Å². The van der Waals surface area contributed by atoms with Gasteiger partial charge in [-0.1, -0.05) is 12.8 Å². The lowest BCUT2D eigenvalue weighted by molar-refractivity contribution is -0.0434. The molecule has 3 fully saturated rings. The van der Waals surface area contributed by atoms with Crippen LogP contribution < -0.4 is 15.8 Å². The van der Waals surface area contributed by atoms with Crippen molar-refractivity contribution in [2.45, 2.75) is 84.8 Å². The van der Waals surface area contributed by atoms with Crippen LogP contribution in [0.4, 0.5) is 22.2 Å². The fourth-order valence-electron chi connectivity index (χ4n) is 6.84. The van der Waals surface area contributed by atoms with Gasteiger partial charge in [0.05, 0.1) is 17.4 Å². The smallest absolute Gasteiger partial charge is 0.410 e. The molecule has 6 rings (SSSR count). The summed E-state index contributed by atoms with van der Waals surface area (Å²) in [5.74, 6) is 0.727. The van der Waals surface area contributed by atoms with E-state index in [1.807, 2.05) is 44.0 Å². The molecule has 1 N–H and O–H groups in total. The lowest BCUT2D eigenvalue weighted by atomic mass is 9.72. The van der Waals surface area contributed by atoms with Crippen LogP contribution in [-0.4, -0.2) is 68.1 Å². The summed E-state index contributed by atoms with van der Waals surface area (Å²) >= 11 is 0. The molecule has 0 bridgehead atoms. The highest BCUT2D eigenvalue weighted by Crippen LogP contribution is 2.42. The predicted octanol–water partition coefficient (Wildman–Crippen LogP) is 5.39. The van der Waals surface area contributed by atoms with Gasteiger partial charge in [0.1, 0.15) is 17.1 Å². The standard InChI is InChI=1S/C32H41N7O4/c1-20-24-17-34-29(36-27(24)39(22-8-6-7-9-22)28(41)26(20)21(2)40)35-25-11-10-23(16-33-25)37-14-12-32(13-15-37)18-38(19-32)30(42)43-31(3,4)5/h10-11,16-17,22H,6-9,12-15,18-19H2,1-5H3,(H,33,34,35,36). The van der Waals surface area contributed by atoms with Crippen LogP contribution >= 0.6 is 0 Å². The number of ketones is 1. The molecule has 5 heterocycles. The largest absolute Gasteiger partial charge is 0.444 e. The molecule has 2 saturated heterocycles. The van der Waals surface area contributed by atoms with Crippen LogP contribution in [-0.2, 0) is 4.74 Å². The number of ether oxygens (including phenoxy) is 1. The molecule has 1 amide bonds. The van der Waals surface area contributed by atoms with E-state index in [2.05, 4.69) is 20.2 Å². The Morgan fingerprint density at radius 3 is 2.35 bits per heavy atom. The predicted molar refractivity (Wildman–Crippen MR) is 165 cm³/mol. The molecule has 1 spiro atoms. The molecule has 1 saturated carbocycles. The maximum absolute atomic E-state index is 13.5. The van der Waals surface area contributed by atoms with Gasteiger partial charge in [-0.3, -0.25) is 14.2 Å². The number of nitrogens with one attached hydrogen (secondary N) is 1. The van der Waals surface area contributed by atoms with Gasteiger partial charge in [-0.15, -0.1) is 0 Å². The second-order valence-corrected chi connectivity index (χ2v) is 13.5. The summed E-state index contributed by atoms with van der Waals surface area (Å²) in [6.07, 6.45) is 9.26. The minimum absolute atomic E-state index is 0.0258. The molecule has 0 atom stereocenters. The number of hydrogen-bond acceptors (Lipinski definition) is 9. The molecule has 3 aromatic heterocycles. The Balaban J connectivity index is 1.13. The van der Waals surface area contributed by atoms with Crippen molar-refractivity contribution in [2.75, 3.05) is 36.4 Å². The molecule has 0 radical (unpaired) electrons. The number of amides is 1. The molecule has 3 aromatic rings. The van der Waals surface area contributed by atoms with Gasteiger partial charge in [-0.05, 0) is 78.0 Å². The van der Waals surface area contributed by atoms with Crippen molar-refractivity contribution in [1.29, 1.82) is 0 Å². The first-order chi connectivity index (χ1) is 20.4. The van der Waals surface area contributed by atoms with Gasteiger partial charge in [0.2, 0.25) is 5.95 Å². The summed E-state index contributed by atoms with van der Waals surface area (Å²) < 4.78 is 7.24. The Morgan fingerprint density at radius 2 is 1.74 bits per heavy atom. The Morgan fingerprint density at radius 1 is 1.05 bits per heavy atom. The van der Waals surface area contributed by atoms with Crippen LogP contribution in [0.25, 0.3) is 11.0 Å². The van der Waals surface area contributed by atoms with Gasteiger partial charge >= 0.3 is 6.09 Å². The number of fused-ring (bicyclic) bond motifs is 1. The zero-order valence-corrected chi connectivity index (χ0v) is 25.8. The van der Waals surface area contributed by atoms with Crippen molar-refractivity contribution in [1.82, 2.24) is 24.4 Å². The van der Waals surface area contributed by atoms with Crippen LogP contribution in [0.3, 0.4) is 0 Å². The zero-order chi connectivity index (χ0) is 30.5. The van der Waals surface area contributed by atoms with Crippen molar-refractivity contribution in [2.24, 2.45) is 5.41 Å². The Labute approximate surface area is 251 Å². The summed E-state index contributed by atoms with van der Waals surface area (Å²) in [5, 5.41) is 3.92. The van der Waals surface area contributed by atoms with E-state index in [0.29, 0.717) is 28.4 Å². The molecule has 0 aromatic carbocycles. The van der Waals surface area contributed by atoms with Gasteiger partial charge < -0.3 is 19.9 Å². The number of rotatable bonds is 5. The summed E-state index contributed by atoms with van der Waals surface area (Å²) in [6, 6.07) is 3.98. The first-order valence-electron chi connectivity index (χ1n) is 15.3. The average Bonchev–Trinajstić information content (AvgIpc) is 3.46. The molecule has 11 nitrogen and oxygen atoms in total. The van der Waals surface area contributed by atoms with Crippen LogP contribution in [0.5, 0.6) is 0 Å². The fraction of sp³-hybridized carbons (Fsp3) is 0.562. The molecule has 1 aliphatic carbocycles. The third-order valence-electron chi connectivity index (χ3n) is 9.13. The molecule has 2 aliphatic heterocycles. The molecule has 228 valence electrons. The maximum Gasteiger partial charge on any atom is 0.410 e. The lowest BCUT2D eigenvalue weighted by Gasteiger charge is -2.53. The topological polar surface area (TPSA) is 123 Å². The van der Waals surface area contributed by atoms with Crippen molar-refractivity contribution in [3.63, 3.8) is 0 Å². The second-order valence-electron chi connectivity index (χ2n) is 13.5. The van der Waals surface area contributed by atoms with Crippen LogP contribution in [0.15, 0.2) is 29.3 Å². The number of carbonyl (C=O) groups excluding carboxylic acids is 2. The number of nitrogens with zero attached hydrogens (tertiary/aromatic N) is 6. The third-order valence-corrected chi connectivity index (χ3v) is 9.13. The number of anilines is 3. The zero-order valence-electron chi connectivity index (χ0n) is 25.8. The summed E-state index contributed by atoms with van der Waals surface area (Å²) in [6.45, 7) is 12.2. The second kappa shape index (κ2) is 10.9. The van der Waals surface area contributed by atoms with E-state index in [4.69, 9.17) is 9.72 Å². The molecule has 43 heavy (non-hydrogen) atoms. The number of pyridine rings is 2. The fourth-order valence-corrected chi connectivity index (χ4v) is 6.84. The molecular weight excluding hydrogens is 546 g/mol.